The average molecular weight is 199 g/mol. The maximum Gasteiger partial charge on any atom is 0 e. The SMILES string of the molecule is [OH][Ni][OH].[Pd]. The van der Waals surface area contributed by atoms with Crippen LogP contribution >= 0.6 is 0 Å². The number of rotatable bonds is 0. The zero-order valence-electron chi connectivity index (χ0n) is 1.53. The molecule has 2 N–H and O–H groups in total. The van der Waals surface area contributed by atoms with Crippen LogP contribution < -0.4 is 0 Å². The van der Waals surface area contributed by atoms with Gasteiger partial charge in [-0.1, -0.05) is 0 Å². The molecule has 4 heteroatoms. The van der Waals surface area contributed by atoms with Gasteiger partial charge in [-0.25, -0.2) is 0 Å². The summed E-state index contributed by atoms with van der Waals surface area (Å²) in [6.45, 7) is 0. The van der Waals surface area contributed by atoms with E-state index in [-0.39, 0.29) is 35.5 Å². The molecule has 0 bridgehead atoms. The monoisotopic (exact) mass is 198 g/mol. The Labute approximate surface area is 44.3 Å². The third kappa shape index (κ3) is 11.5. The molecule has 0 aliphatic carbocycles. The minimum atomic E-state index is -0.375. The topological polar surface area (TPSA) is 40.5 Å². The van der Waals surface area contributed by atoms with E-state index >= 15 is 0 Å². The first-order valence-corrected chi connectivity index (χ1v) is 1.17. The first kappa shape index (κ1) is 8.91. The van der Waals surface area contributed by atoms with Crippen molar-refractivity contribution in [3.8, 4) is 0 Å². The summed E-state index contributed by atoms with van der Waals surface area (Å²) in [7, 11) is 0. The van der Waals surface area contributed by atoms with E-state index in [1.54, 1.807) is 0 Å². The van der Waals surface area contributed by atoms with E-state index < -0.39 is 0 Å². The molecule has 0 heterocycles. The Bertz CT molecular complexity index is 6.00. The van der Waals surface area contributed by atoms with Crippen molar-refractivity contribution >= 4 is 0 Å². The van der Waals surface area contributed by atoms with Gasteiger partial charge in [0.1, 0.15) is 0 Å². The average Bonchev–Trinajstić information content (AvgIpc) is 0.918. The van der Waals surface area contributed by atoms with E-state index in [0.717, 1.165) is 0 Å². The van der Waals surface area contributed by atoms with E-state index in [1.807, 2.05) is 0 Å². The summed E-state index contributed by atoms with van der Waals surface area (Å²) in [6, 6.07) is 0. The van der Waals surface area contributed by atoms with Crippen LogP contribution in [-0.4, -0.2) is 8.50 Å². The molecule has 0 saturated heterocycles. The van der Waals surface area contributed by atoms with Crippen LogP contribution in [0.2, 0.25) is 0 Å². The van der Waals surface area contributed by atoms with Gasteiger partial charge < -0.3 is 0 Å². The standard InChI is InChI=1S/Ni.2H2O.Pd/h;2*1H2;/q+2;;;/p-2. The fourth-order valence-corrected chi connectivity index (χ4v) is 0. The van der Waals surface area contributed by atoms with Crippen molar-refractivity contribution in [1.29, 1.82) is 0 Å². The van der Waals surface area contributed by atoms with Crippen LogP contribution in [0.1, 0.15) is 0 Å². The van der Waals surface area contributed by atoms with Gasteiger partial charge in [0.05, 0.1) is 0 Å². The minimum absolute atomic E-state index is 0. The predicted molar refractivity (Wildman–Crippen MR) is 4.44 cm³/mol. The Balaban J connectivity index is 0. The predicted octanol–water partition coefficient (Wildman–Crippen LogP) is -1.12. The quantitative estimate of drug-likeness (QED) is 0.485. The van der Waals surface area contributed by atoms with Crippen molar-refractivity contribution in [3.63, 3.8) is 0 Å². The fourth-order valence-electron chi connectivity index (χ4n) is 0. The second-order valence-corrected chi connectivity index (χ2v) is 0.261. The van der Waals surface area contributed by atoms with Crippen LogP contribution in [-0.2, 0) is 35.5 Å². The zero-order chi connectivity index (χ0) is 2.71. The first-order valence-electron chi connectivity index (χ1n) is 0.283. The molecule has 0 radical (unpaired) electrons. The molecule has 0 aromatic carbocycles. The summed E-state index contributed by atoms with van der Waals surface area (Å²) in [5.41, 5.74) is 0. The minimum Gasteiger partial charge on any atom is 0 e. The van der Waals surface area contributed by atoms with Gasteiger partial charge >= 0.3 is 23.6 Å². The molecule has 0 aliphatic rings. The molecule has 34 valence electrons. The number of hydrogen-bond acceptors (Lipinski definition) is 2. The molecular weight excluding hydrogens is 197 g/mol. The van der Waals surface area contributed by atoms with Crippen LogP contribution in [0.5, 0.6) is 0 Å². The normalized spacial score (nSPS) is 5.50. The first-order chi connectivity index (χ1) is 1.41. The summed E-state index contributed by atoms with van der Waals surface area (Å²) in [4.78, 5) is 0. The van der Waals surface area contributed by atoms with Crippen molar-refractivity contribution in [3.05, 3.63) is 0 Å². The summed E-state index contributed by atoms with van der Waals surface area (Å²) in [5.74, 6) is 0. The Hall–Kier alpha value is 1.08. The van der Waals surface area contributed by atoms with Gasteiger partial charge in [-0.05, 0) is 0 Å². The Morgan fingerprint density at radius 2 is 1.25 bits per heavy atom. The van der Waals surface area contributed by atoms with Crippen molar-refractivity contribution in [1.82, 2.24) is 0 Å². The summed E-state index contributed by atoms with van der Waals surface area (Å²) >= 11 is -0.375. The zero-order valence-corrected chi connectivity index (χ0v) is 4.07. The van der Waals surface area contributed by atoms with E-state index in [0.29, 0.717) is 0 Å². The summed E-state index contributed by atoms with van der Waals surface area (Å²) in [5, 5.41) is 0. The molecule has 0 spiro atoms. The van der Waals surface area contributed by atoms with Gasteiger partial charge in [0.2, 0.25) is 0 Å². The van der Waals surface area contributed by atoms with Gasteiger partial charge in [-0.2, -0.15) is 0 Å². The van der Waals surface area contributed by atoms with Crippen molar-refractivity contribution < 1.29 is 44.0 Å². The van der Waals surface area contributed by atoms with E-state index in [2.05, 4.69) is 0 Å². The van der Waals surface area contributed by atoms with Crippen LogP contribution in [0.15, 0.2) is 0 Å². The molecule has 0 aromatic rings. The van der Waals surface area contributed by atoms with Crippen molar-refractivity contribution in [2.24, 2.45) is 0 Å². The molecule has 0 unspecified atom stereocenters. The van der Waals surface area contributed by atoms with Gasteiger partial charge in [-0.15, -0.1) is 0 Å². The maximum atomic E-state index is 7.06. The summed E-state index contributed by atoms with van der Waals surface area (Å²) < 4.78 is 14.1. The second kappa shape index (κ2) is 8.95. The Morgan fingerprint density at radius 1 is 1.25 bits per heavy atom. The van der Waals surface area contributed by atoms with Crippen LogP contribution in [0.4, 0.5) is 0 Å². The second-order valence-electron chi connectivity index (χ2n) is 0.0632. The molecule has 4 heavy (non-hydrogen) atoms. The van der Waals surface area contributed by atoms with Gasteiger partial charge in [-0.3, -0.25) is 0 Å². The molecule has 0 rings (SSSR count). The van der Waals surface area contributed by atoms with E-state index in [4.69, 9.17) is 8.50 Å². The third-order valence-corrected chi connectivity index (χ3v) is 0. The van der Waals surface area contributed by atoms with E-state index in [1.165, 1.54) is 0 Å². The van der Waals surface area contributed by atoms with E-state index in [9.17, 15) is 0 Å². The molecule has 0 fully saturated rings. The third-order valence-electron chi connectivity index (χ3n) is 0. The van der Waals surface area contributed by atoms with Crippen LogP contribution in [0.25, 0.3) is 0 Å². The van der Waals surface area contributed by atoms with Crippen molar-refractivity contribution in [2.45, 2.75) is 0 Å². The molecule has 0 aliphatic heterocycles. The maximum absolute atomic E-state index is 7.06. The van der Waals surface area contributed by atoms with Gasteiger partial charge in [0.25, 0.3) is 0 Å². The molecule has 0 saturated carbocycles. The van der Waals surface area contributed by atoms with Crippen LogP contribution in [0.3, 0.4) is 0 Å². The Kier molecular flexibility index (Phi) is 19.9. The fraction of sp³-hybridized carbons (Fsp3) is 0. The van der Waals surface area contributed by atoms with Gasteiger partial charge in [0.15, 0.2) is 0 Å². The van der Waals surface area contributed by atoms with Gasteiger partial charge in [0, 0.05) is 20.4 Å². The Morgan fingerprint density at radius 3 is 1.25 bits per heavy atom. The molecule has 0 atom stereocenters. The molecule has 2 nitrogen and oxygen atoms in total. The smallest absolute Gasteiger partial charge is 0 e. The summed E-state index contributed by atoms with van der Waals surface area (Å²) in [6.07, 6.45) is 0. The molecule has 0 amide bonds. The number of hydrogen-bond donors (Lipinski definition) is 2. The molecular formula is H2NiO2Pd. The molecule has 0 aromatic heterocycles. The van der Waals surface area contributed by atoms with Crippen LogP contribution in [0, 0.1) is 0 Å². The van der Waals surface area contributed by atoms with Crippen molar-refractivity contribution in [2.75, 3.05) is 0 Å². The largest absolute Gasteiger partial charge is 0 e.